The standard InChI is InChI=1S/C25H28O2/c1-20(2)10-9-11-21(3)18-19-27-25-15-8-7-14-23(25)16-17-24(26)22-12-5-4-6-13-22/h4-8,10,12-18H,9,11,19H2,1-3H3/b17-16+,21-18+. The van der Waals surface area contributed by atoms with Crippen molar-refractivity contribution in [3.63, 3.8) is 0 Å². The summed E-state index contributed by atoms with van der Waals surface area (Å²) in [5.74, 6) is 0.767. The second kappa shape index (κ2) is 11.0. The third kappa shape index (κ3) is 7.49. The molecule has 0 aliphatic rings. The zero-order valence-corrected chi connectivity index (χ0v) is 16.4. The molecule has 0 heterocycles. The fourth-order valence-corrected chi connectivity index (χ4v) is 2.58. The summed E-state index contributed by atoms with van der Waals surface area (Å²) in [5.41, 5.74) is 4.25. The van der Waals surface area contributed by atoms with E-state index in [-0.39, 0.29) is 5.78 Å². The van der Waals surface area contributed by atoms with Gasteiger partial charge in [0.05, 0.1) is 0 Å². The number of benzene rings is 2. The van der Waals surface area contributed by atoms with Crippen LogP contribution in [-0.2, 0) is 0 Å². The first-order chi connectivity index (χ1) is 13.1. The Morgan fingerprint density at radius 2 is 1.63 bits per heavy atom. The normalized spacial score (nSPS) is 11.4. The molecular formula is C25H28O2. The summed E-state index contributed by atoms with van der Waals surface area (Å²) in [6.07, 6.45) is 9.89. The average molecular weight is 360 g/mol. The Morgan fingerprint density at radius 1 is 0.926 bits per heavy atom. The van der Waals surface area contributed by atoms with Crippen molar-refractivity contribution in [1.29, 1.82) is 0 Å². The Hall–Kier alpha value is -2.87. The molecule has 0 saturated carbocycles. The van der Waals surface area contributed by atoms with Crippen LogP contribution in [0.15, 0.2) is 84.0 Å². The first-order valence-electron chi connectivity index (χ1n) is 9.34. The Morgan fingerprint density at radius 3 is 2.37 bits per heavy atom. The van der Waals surface area contributed by atoms with E-state index in [1.165, 1.54) is 11.1 Å². The molecule has 0 unspecified atom stereocenters. The third-order valence-corrected chi connectivity index (χ3v) is 4.15. The minimum absolute atomic E-state index is 0.0135. The Bertz CT molecular complexity index is 822. The summed E-state index contributed by atoms with van der Waals surface area (Å²) in [4.78, 5) is 12.2. The zero-order valence-electron chi connectivity index (χ0n) is 16.4. The SMILES string of the molecule is CC(C)=CCC/C(C)=C/COc1ccccc1/C=C/C(=O)c1ccccc1. The predicted molar refractivity (Wildman–Crippen MR) is 114 cm³/mol. The number of ketones is 1. The van der Waals surface area contributed by atoms with E-state index in [4.69, 9.17) is 4.74 Å². The average Bonchev–Trinajstić information content (AvgIpc) is 2.67. The minimum atomic E-state index is -0.0135. The summed E-state index contributed by atoms with van der Waals surface area (Å²) < 4.78 is 5.92. The maximum atomic E-state index is 12.2. The van der Waals surface area contributed by atoms with Crippen LogP contribution in [0.4, 0.5) is 0 Å². The van der Waals surface area contributed by atoms with Gasteiger partial charge in [0.25, 0.3) is 0 Å². The minimum Gasteiger partial charge on any atom is -0.489 e. The Kier molecular flexibility index (Phi) is 8.31. The highest BCUT2D eigenvalue weighted by Gasteiger charge is 2.02. The molecule has 2 nitrogen and oxygen atoms in total. The molecule has 0 aliphatic carbocycles. The number of hydrogen-bond donors (Lipinski definition) is 0. The van der Waals surface area contributed by atoms with Crippen LogP contribution >= 0.6 is 0 Å². The maximum Gasteiger partial charge on any atom is 0.185 e. The number of rotatable bonds is 9. The van der Waals surface area contributed by atoms with E-state index in [0.717, 1.165) is 24.2 Å². The number of ether oxygens (including phenoxy) is 1. The fourth-order valence-electron chi connectivity index (χ4n) is 2.58. The van der Waals surface area contributed by atoms with Gasteiger partial charge >= 0.3 is 0 Å². The van der Waals surface area contributed by atoms with Gasteiger partial charge in [-0.1, -0.05) is 65.8 Å². The van der Waals surface area contributed by atoms with E-state index in [1.54, 1.807) is 6.08 Å². The smallest absolute Gasteiger partial charge is 0.185 e. The van der Waals surface area contributed by atoms with Crippen LogP contribution in [0.25, 0.3) is 6.08 Å². The molecule has 2 aromatic carbocycles. The molecule has 0 bridgehead atoms. The lowest BCUT2D eigenvalue weighted by molar-refractivity contribution is 0.104. The summed E-state index contributed by atoms with van der Waals surface area (Å²) in [6.45, 7) is 6.90. The molecule has 27 heavy (non-hydrogen) atoms. The van der Waals surface area contributed by atoms with Crippen LogP contribution in [-0.4, -0.2) is 12.4 Å². The number of para-hydroxylation sites is 1. The highest BCUT2D eigenvalue weighted by molar-refractivity contribution is 6.06. The quantitative estimate of drug-likeness (QED) is 0.284. The summed E-state index contributed by atoms with van der Waals surface area (Å²) in [6, 6.07) is 17.0. The van der Waals surface area contributed by atoms with Gasteiger partial charge in [-0.25, -0.2) is 0 Å². The van der Waals surface area contributed by atoms with Crippen LogP contribution < -0.4 is 4.74 Å². The predicted octanol–water partition coefficient (Wildman–Crippen LogP) is 6.65. The lowest BCUT2D eigenvalue weighted by atomic mass is 10.1. The van der Waals surface area contributed by atoms with Gasteiger partial charge in [0.1, 0.15) is 12.4 Å². The van der Waals surface area contributed by atoms with Gasteiger partial charge in [-0.15, -0.1) is 0 Å². The second-order valence-electron chi connectivity index (χ2n) is 6.78. The molecule has 0 N–H and O–H groups in total. The summed E-state index contributed by atoms with van der Waals surface area (Å²) >= 11 is 0. The number of allylic oxidation sites excluding steroid dienone is 4. The zero-order chi connectivity index (χ0) is 19.5. The molecule has 0 aromatic heterocycles. The van der Waals surface area contributed by atoms with Crippen molar-refractivity contribution in [3.05, 3.63) is 95.1 Å². The molecule has 0 fully saturated rings. The Balaban J connectivity index is 1.96. The topological polar surface area (TPSA) is 26.3 Å². The van der Waals surface area contributed by atoms with Gasteiger partial charge in [0.15, 0.2) is 5.78 Å². The lowest BCUT2D eigenvalue weighted by Crippen LogP contribution is -1.97. The molecule has 0 spiro atoms. The molecule has 2 rings (SSSR count). The van der Waals surface area contributed by atoms with Gasteiger partial charge in [-0.2, -0.15) is 0 Å². The van der Waals surface area contributed by atoms with Crippen LogP contribution in [0.1, 0.15) is 49.5 Å². The van der Waals surface area contributed by atoms with Gasteiger partial charge < -0.3 is 4.74 Å². The fraction of sp³-hybridized carbons (Fsp3) is 0.240. The first kappa shape index (κ1) is 20.4. The number of carbonyl (C=O) groups excluding carboxylic acids is 1. The molecular weight excluding hydrogens is 332 g/mol. The molecule has 0 saturated heterocycles. The lowest BCUT2D eigenvalue weighted by Gasteiger charge is -2.08. The third-order valence-electron chi connectivity index (χ3n) is 4.15. The van der Waals surface area contributed by atoms with Crippen molar-refractivity contribution in [1.82, 2.24) is 0 Å². The van der Waals surface area contributed by atoms with Gasteiger partial charge in [-0.05, 0) is 57.9 Å². The second-order valence-corrected chi connectivity index (χ2v) is 6.78. The molecule has 2 heteroatoms. The van der Waals surface area contributed by atoms with Gasteiger partial charge in [-0.3, -0.25) is 4.79 Å². The Labute approximate surface area is 162 Å². The maximum absolute atomic E-state index is 12.2. The van der Waals surface area contributed by atoms with E-state index in [9.17, 15) is 4.79 Å². The molecule has 140 valence electrons. The highest BCUT2D eigenvalue weighted by Crippen LogP contribution is 2.20. The van der Waals surface area contributed by atoms with Crippen molar-refractivity contribution >= 4 is 11.9 Å². The molecule has 0 atom stereocenters. The van der Waals surface area contributed by atoms with Crippen LogP contribution in [0.3, 0.4) is 0 Å². The van der Waals surface area contributed by atoms with Crippen molar-refractivity contribution in [2.24, 2.45) is 0 Å². The molecule has 0 amide bonds. The van der Waals surface area contributed by atoms with E-state index >= 15 is 0 Å². The van der Waals surface area contributed by atoms with Gasteiger partial charge in [0, 0.05) is 11.1 Å². The van der Waals surface area contributed by atoms with Crippen LogP contribution in [0.2, 0.25) is 0 Å². The van der Waals surface area contributed by atoms with E-state index in [2.05, 4.69) is 32.9 Å². The van der Waals surface area contributed by atoms with Gasteiger partial charge in [0.2, 0.25) is 0 Å². The summed E-state index contributed by atoms with van der Waals surface area (Å²) in [7, 11) is 0. The van der Waals surface area contributed by atoms with Crippen molar-refractivity contribution in [2.75, 3.05) is 6.61 Å². The number of hydrogen-bond acceptors (Lipinski definition) is 2. The molecule has 0 aliphatic heterocycles. The van der Waals surface area contributed by atoms with Crippen LogP contribution in [0, 0.1) is 0 Å². The van der Waals surface area contributed by atoms with E-state index in [0.29, 0.717) is 12.2 Å². The highest BCUT2D eigenvalue weighted by atomic mass is 16.5. The molecule has 0 radical (unpaired) electrons. The van der Waals surface area contributed by atoms with Crippen molar-refractivity contribution < 1.29 is 9.53 Å². The monoisotopic (exact) mass is 360 g/mol. The van der Waals surface area contributed by atoms with Crippen LogP contribution in [0.5, 0.6) is 5.75 Å². The molecule has 2 aromatic rings. The summed E-state index contributed by atoms with van der Waals surface area (Å²) in [5, 5.41) is 0. The van der Waals surface area contributed by atoms with Crippen molar-refractivity contribution in [2.45, 2.75) is 33.6 Å². The first-order valence-corrected chi connectivity index (χ1v) is 9.34. The van der Waals surface area contributed by atoms with E-state index < -0.39 is 0 Å². The van der Waals surface area contributed by atoms with E-state index in [1.807, 2.05) is 60.7 Å². The largest absolute Gasteiger partial charge is 0.489 e. The van der Waals surface area contributed by atoms with Crippen molar-refractivity contribution in [3.8, 4) is 5.75 Å². The number of carbonyl (C=O) groups is 1.